The Hall–Kier alpha value is -1.30. The van der Waals surface area contributed by atoms with Gasteiger partial charge in [-0.1, -0.05) is 11.6 Å². The maximum atomic E-state index is 6.19. The third-order valence-electron chi connectivity index (χ3n) is 4.88. The van der Waals surface area contributed by atoms with Crippen molar-refractivity contribution in [2.45, 2.75) is 45.8 Å². The highest BCUT2D eigenvalue weighted by atomic mass is 32.1. The van der Waals surface area contributed by atoms with Gasteiger partial charge in [0.1, 0.15) is 5.75 Å². The zero-order valence-electron chi connectivity index (χ0n) is 14.6. The van der Waals surface area contributed by atoms with E-state index in [2.05, 4.69) is 58.2 Å². The normalized spacial score (nSPS) is 19.1. The molecule has 0 radical (unpaired) electrons. The van der Waals surface area contributed by atoms with E-state index >= 15 is 0 Å². The van der Waals surface area contributed by atoms with E-state index in [0.29, 0.717) is 0 Å². The average Bonchev–Trinajstić information content (AvgIpc) is 3.05. The van der Waals surface area contributed by atoms with Crippen molar-refractivity contribution in [1.82, 2.24) is 0 Å². The van der Waals surface area contributed by atoms with E-state index in [1.54, 1.807) is 18.4 Å². The van der Waals surface area contributed by atoms with Crippen molar-refractivity contribution in [3.63, 3.8) is 0 Å². The van der Waals surface area contributed by atoms with Gasteiger partial charge in [-0.15, -0.1) is 11.3 Å². The maximum Gasteiger partial charge on any atom is 0.495 e. The summed E-state index contributed by atoms with van der Waals surface area (Å²) in [4.78, 5) is 1.20. The molecule has 0 atom stereocenters. The Kier molecular flexibility index (Phi) is 4.07. The minimum absolute atomic E-state index is 0.343. The fourth-order valence-corrected chi connectivity index (χ4v) is 3.47. The van der Waals surface area contributed by atoms with E-state index in [9.17, 15) is 0 Å². The number of hydrogen-bond donors (Lipinski definition) is 0. The number of hydrogen-bond acceptors (Lipinski definition) is 4. The monoisotopic (exact) mass is 330 g/mol. The van der Waals surface area contributed by atoms with Crippen LogP contribution < -0.4 is 10.2 Å². The summed E-state index contributed by atoms with van der Waals surface area (Å²) in [6.45, 7) is 10.4. The second kappa shape index (κ2) is 5.65. The molecule has 0 bridgehead atoms. The zero-order valence-corrected chi connectivity index (χ0v) is 15.4. The Morgan fingerprint density at radius 1 is 1.09 bits per heavy atom. The number of thiophene rings is 1. The molecule has 3 nitrogen and oxygen atoms in total. The van der Waals surface area contributed by atoms with Crippen molar-refractivity contribution >= 4 is 23.9 Å². The van der Waals surface area contributed by atoms with Crippen LogP contribution in [0.1, 0.15) is 33.3 Å². The lowest BCUT2D eigenvalue weighted by atomic mass is 9.75. The standard InChI is InChI=1S/C18H23BO3S/c1-12-10-13(16-8-7-9-23-16)15(20-6)11-14(12)19-21-17(2,3)18(4,5)22-19/h7-11H,1-6H3. The van der Waals surface area contributed by atoms with Gasteiger partial charge < -0.3 is 14.0 Å². The van der Waals surface area contributed by atoms with Gasteiger partial charge in [-0.3, -0.25) is 0 Å². The van der Waals surface area contributed by atoms with Crippen molar-refractivity contribution < 1.29 is 14.0 Å². The SMILES string of the molecule is COc1cc(B2OC(C)(C)C(C)(C)O2)c(C)cc1-c1cccs1. The molecule has 2 heterocycles. The first-order chi connectivity index (χ1) is 10.7. The Labute approximate surface area is 142 Å². The van der Waals surface area contributed by atoms with Crippen LogP contribution in [-0.4, -0.2) is 25.4 Å². The van der Waals surface area contributed by atoms with Gasteiger partial charge in [0, 0.05) is 10.4 Å². The van der Waals surface area contributed by atoms with E-state index in [0.717, 1.165) is 22.3 Å². The lowest BCUT2D eigenvalue weighted by Crippen LogP contribution is -2.41. The molecule has 5 heteroatoms. The van der Waals surface area contributed by atoms with Crippen LogP contribution in [0, 0.1) is 6.92 Å². The molecule has 0 amide bonds. The van der Waals surface area contributed by atoms with Gasteiger partial charge in [0.15, 0.2) is 0 Å². The zero-order chi connectivity index (χ0) is 16.8. The highest BCUT2D eigenvalue weighted by Gasteiger charge is 2.52. The number of ether oxygens (including phenoxy) is 1. The van der Waals surface area contributed by atoms with E-state index in [1.807, 2.05) is 6.07 Å². The van der Waals surface area contributed by atoms with Crippen LogP contribution in [0.3, 0.4) is 0 Å². The van der Waals surface area contributed by atoms with Crippen molar-refractivity contribution in [3.8, 4) is 16.2 Å². The van der Waals surface area contributed by atoms with Crippen LogP contribution in [0.2, 0.25) is 0 Å². The van der Waals surface area contributed by atoms with Gasteiger partial charge in [-0.2, -0.15) is 0 Å². The van der Waals surface area contributed by atoms with Gasteiger partial charge in [0.25, 0.3) is 0 Å². The molecule has 1 aromatic heterocycles. The Morgan fingerprint density at radius 3 is 2.26 bits per heavy atom. The topological polar surface area (TPSA) is 27.7 Å². The predicted octanol–water partition coefficient (Wildman–Crippen LogP) is 4.03. The van der Waals surface area contributed by atoms with E-state index < -0.39 is 0 Å². The Morgan fingerprint density at radius 2 is 1.74 bits per heavy atom. The first-order valence-electron chi connectivity index (χ1n) is 7.83. The molecular formula is C18H23BO3S. The van der Waals surface area contributed by atoms with Crippen LogP contribution in [0.4, 0.5) is 0 Å². The first kappa shape index (κ1) is 16.6. The van der Waals surface area contributed by atoms with E-state index in [1.165, 1.54) is 4.88 Å². The lowest BCUT2D eigenvalue weighted by Gasteiger charge is -2.32. The summed E-state index contributed by atoms with van der Waals surface area (Å²) in [6, 6.07) is 8.37. The van der Waals surface area contributed by atoms with Gasteiger partial charge in [-0.05, 0) is 63.7 Å². The third-order valence-corrected chi connectivity index (χ3v) is 5.79. The molecular weight excluding hydrogens is 307 g/mol. The third kappa shape index (κ3) is 2.82. The number of aryl methyl sites for hydroxylation is 1. The second-order valence-electron chi connectivity index (χ2n) is 6.97. The summed E-state index contributed by atoms with van der Waals surface area (Å²) >= 11 is 1.71. The molecule has 23 heavy (non-hydrogen) atoms. The molecule has 1 fully saturated rings. The summed E-state index contributed by atoms with van der Waals surface area (Å²) < 4.78 is 18.0. The molecule has 0 N–H and O–H groups in total. The molecule has 1 aliphatic heterocycles. The smallest absolute Gasteiger partial charge is 0.495 e. The molecule has 0 spiro atoms. The second-order valence-corrected chi connectivity index (χ2v) is 7.92. The fourth-order valence-electron chi connectivity index (χ4n) is 2.72. The highest BCUT2D eigenvalue weighted by Crippen LogP contribution is 2.38. The van der Waals surface area contributed by atoms with Gasteiger partial charge in [0.2, 0.25) is 0 Å². The summed E-state index contributed by atoms with van der Waals surface area (Å²) in [5.74, 6) is 0.850. The number of methoxy groups -OCH3 is 1. The van der Waals surface area contributed by atoms with Crippen molar-refractivity contribution in [2.24, 2.45) is 0 Å². The molecule has 0 unspecified atom stereocenters. The van der Waals surface area contributed by atoms with Gasteiger partial charge in [0.05, 0.1) is 18.3 Å². The highest BCUT2D eigenvalue weighted by molar-refractivity contribution is 7.13. The molecule has 3 rings (SSSR count). The molecule has 1 aromatic carbocycles. The van der Waals surface area contributed by atoms with Gasteiger partial charge >= 0.3 is 7.12 Å². The Balaban J connectivity index is 2.02. The van der Waals surface area contributed by atoms with Crippen LogP contribution in [0.5, 0.6) is 5.75 Å². The van der Waals surface area contributed by atoms with Crippen molar-refractivity contribution in [2.75, 3.05) is 7.11 Å². The lowest BCUT2D eigenvalue weighted by molar-refractivity contribution is 0.00578. The summed E-state index contributed by atoms with van der Waals surface area (Å²) in [7, 11) is 1.33. The summed E-state index contributed by atoms with van der Waals surface area (Å²) in [5, 5.41) is 2.08. The quantitative estimate of drug-likeness (QED) is 0.795. The van der Waals surface area contributed by atoms with Crippen molar-refractivity contribution in [1.29, 1.82) is 0 Å². The first-order valence-corrected chi connectivity index (χ1v) is 8.71. The van der Waals surface area contributed by atoms with Crippen LogP contribution in [0.25, 0.3) is 10.4 Å². The van der Waals surface area contributed by atoms with Crippen LogP contribution in [0.15, 0.2) is 29.6 Å². The van der Waals surface area contributed by atoms with Crippen molar-refractivity contribution in [3.05, 3.63) is 35.2 Å². The molecule has 2 aromatic rings. The van der Waals surface area contributed by atoms with E-state index in [4.69, 9.17) is 14.0 Å². The Bertz CT molecular complexity index is 691. The molecule has 1 aliphatic rings. The minimum atomic E-state index is -0.369. The predicted molar refractivity (Wildman–Crippen MR) is 96.8 cm³/mol. The summed E-state index contributed by atoms with van der Waals surface area (Å²) in [6.07, 6.45) is 0. The molecule has 1 saturated heterocycles. The number of rotatable bonds is 3. The van der Waals surface area contributed by atoms with Crippen LogP contribution >= 0.6 is 11.3 Å². The number of benzene rings is 1. The molecule has 122 valence electrons. The largest absolute Gasteiger partial charge is 0.496 e. The molecule has 0 aliphatic carbocycles. The van der Waals surface area contributed by atoms with E-state index in [-0.39, 0.29) is 18.3 Å². The van der Waals surface area contributed by atoms with Gasteiger partial charge in [-0.25, -0.2) is 0 Å². The fraction of sp³-hybridized carbons (Fsp3) is 0.444. The maximum absolute atomic E-state index is 6.19. The molecule has 0 saturated carbocycles. The van der Waals surface area contributed by atoms with Crippen LogP contribution in [-0.2, 0) is 9.31 Å². The summed E-state index contributed by atoms with van der Waals surface area (Å²) in [5.41, 5.74) is 2.60. The minimum Gasteiger partial charge on any atom is -0.496 e. The average molecular weight is 330 g/mol.